The summed E-state index contributed by atoms with van der Waals surface area (Å²) in [6.45, 7) is 8.63. The van der Waals surface area contributed by atoms with Gasteiger partial charge in [-0.15, -0.1) is 0 Å². The summed E-state index contributed by atoms with van der Waals surface area (Å²) in [5.41, 5.74) is 1.33. The molecule has 2 aromatic heterocycles. The number of imidazole rings is 1. The standard InChI is InChI=1S/C15H22BrN5O2/c1-10(5-20-14(22)23-15(2,3)4)17-6-11-7-19-13-8-18-12(16)9-21(11)13/h7-10,17H,5-6H2,1-4H3,(H,20,22). The Hall–Kier alpha value is -1.67. The molecule has 2 heterocycles. The van der Waals surface area contributed by atoms with Crippen LogP contribution in [-0.2, 0) is 11.3 Å². The van der Waals surface area contributed by atoms with Gasteiger partial charge in [0.05, 0.1) is 18.1 Å². The van der Waals surface area contributed by atoms with Gasteiger partial charge in [-0.05, 0) is 43.6 Å². The molecular formula is C15H22BrN5O2. The van der Waals surface area contributed by atoms with Crippen molar-refractivity contribution in [1.82, 2.24) is 25.0 Å². The normalized spacial score (nSPS) is 13.1. The van der Waals surface area contributed by atoms with Gasteiger partial charge in [-0.1, -0.05) is 0 Å². The molecule has 0 aliphatic carbocycles. The lowest BCUT2D eigenvalue weighted by molar-refractivity contribution is 0.0523. The number of carbonyl (C=O) groups excluding carboxylic acids is 1. The Bertz CT molecular complexity index is 680. The maximum absolute atomic E-state index is 11.6. The van der Waals surface area contributed by atoms with Crippen LogP contribution in [0.3, 0.4) is 0 Å². The Morgan fingerprint density at radius 1 is 1.39 bits per heavy atom. The van der Waals surface area contributed by atoms with Crippen molar-refractivity contribution in [3.63, 3.8) is 0 Å². The molecule has 0 saturated carbocycles. The smallest absolute Gasteiger partial charge is 0.407 e. The molecule has 0 aromatic carbocycles. The Kier molecular flexibility index (Phi) is 5.59. The SMILES string of the molecule is CC(CNC(=O)OC(C)(C)C)NCc1cnc2cnc(Br)cn12. The van der Waals surface area contributed by atoms with Crippen LogP contribution in [0.1, 0.15) is 33.4 Å². The van der Waals surface area contributed by atoms with Crippen molar-refractivity contribution in [2.24, 2.45) is 0 Å². The van der Waals surface area contributed by atoms with Gasteiger partial charge in [0.15, 0.2) is 5.65 Å². The lowest BCUT2D eigenvalue weighted by Gasteiger charge is -2.21. The third-order valence-corrected chi connectivity index (χ3v) is 3.43. The van der Waals surface area contributed by atoms with Gasteiger partial charge >= 0.3 is 6.09 Å². The highest BCUT2D eigenvalue weighted by atomic mass is 79.9. The molecular weight excluding hydrogens is 362 g/mol. The second-order valence-corrected chi connectivity index (χ2v) is 7.16. The summed E-state index contributed by atoms with van der Waals surface area (Å²) in [6, 6.07) is 0.0957. The molecule has 1 atom stereocenters. The van der Waals surface area contributed by atoms with Crippen LogP contribution >= 0.6 is 15.9 Å². The minimum absolute atomic E-state index is 0.0957. The molecule has 2 aromatic rings. The maximum atomic E-state index is 11.6. The number of fused-ring (bicyclic) bond motifs is 1. The number of hydrogen-bond acceptors (Lipinski definition) is 5. The molecule has 0 bridgehead atoms. The largest absolute Gasteiger partial charge is 0.444 e. The van der Waals surface area contributed by atoms with E-state index < -0.39 is 11.7 Å². The van der Waals surface area contributed by atoms with E-state index in [9.17, 15) is 4.79 Å². The number of carbonyl (C=O) groups is 1. The van der Waals surface area contributed by atoms with Crippen LogP contribution in [0.4, 0.5) is 4.79 Å². The Morgan fingerprint density at radius 2 is 2.13 bits per heavy atom. The highest BCUT2D eigenvalue weighted by Crippen LogP contribution is 2.10. The maximum Gasteiger partial charge on any atom is 0.407 e. The zero-order chi connectivity index (χ0) is 17.0. The summed E-state index contributed by atoms with van der Waals surface area (Å²) in [5, 5.41) is 6.10. The van der Waals surface area contributed by atoms with E-state index in [0.29, 0.717) is 13.1 Å². The Labute approximate surface area is 144 Å². The molecule has 8 heteroatoms. The average molecular weight is 384 g/mol. The molecule has 0 fully saturated rings. The second kappa shape index (κ2) is 7.27. The van der Waals surface area contributed by atoms with Gasteiger partial charge in [0.1, 0.15) is 10.2 Å². The monoisotopic (exact) mass is 383 g/mol. The number of halogens is 1. The molecule has 23 heavy (non-hydrogen) atoms. The first-order valence-corrected chi connectivity index (χ1v) is 8.21. The molecule has 2 N–H and O–H groups in total. The van der Waals surface area contributed by atoms with Crippen molar-refractivity contribution in [2.45, 2.75) is 45.9 Å². The first kappa shape index (κ1) is 17.7. The molecule has 2 rings (SSSR count). The van der Waals surface area contributed by atoms with Crippen LogP contribution in [0.15, 0.2) is 23.2 Å². The fraction of sp³-hybridized carbons (Fsp3) is 0.533. The summed E-state index contributed by atoms with van der Waals surface area (Å²) in [6.07, 6.45) is 4.99. The molecule has 0 saturated heterocycles. The quantitative estimate of drug-likeness (QED) is 0.828. The zero-order valence-corrected chi connectivity index (χ0v) is 15.3. The molecule has 7 nitrogen and oxygen atoms in total. The number of nitrogens with one attached hydrogen (secondary N) is 2. The third-order valence-electron chi connectivity index (χ3n) is 3.02. The van der Waals surface area contributed by atoms with Gasteiger partial charge < -0.3 is 15.4 Å². The van der Waals surface area contributed by atoms with E-state index in [-0.39, 0.29) is 6.04 Å². The number of nitrogens with zero attached hydrogens (tertiary/aromatic N) is 3. The van der Waals surface area contributed by atoms with Crippen molar-refractivity contribution >= 4 is 27.7 Å². The summed E-state index contributed by atoms with van der Waals surface area (Å²) in [5.74, 6) is 0. The molecule has 0 radical (unpaired) electrons. The Balaban J connectivity index is 1.83. The lowest BCUT2D eigenvalue weighted by atomic mass is 10.2. The topological polar surface area (TPSA) is 80.5 Å². The predicted octanol–water partition coefficient (Wildman–Crippen LogP) is 2.49. The summed E-state index contributed by atoms with van der Waals surface area (Å²) in [4.78, 5) is 20.1. The number of ether oxygens (including phenoxy) is 1. The van der Waals surface area contributed by atoms with E-state index in [0.717, 1.165) is 15.9 Å². The summed E-state index contributed by atoms with van der Waals surface area (Å²) < 4.78 is 7.93. The average Bonchev–Trinajstić information content (AvgIpc) is 2.83. The lowest BCUT2D eigenvalue weighted by Crippen LogP contribution is -2.41. The molecule has 0 aliphatic rings. The van der Waals surface area contributed by atoms with Gasteiger partial charge in [0, 0.05) is 25.3 Å². The van der Waals surface area contributed by atoms with Crippen molar-refractivity contribution in [3.8, 4) is 0 Å². The van der Waals surface area contributed by atoms with E-state index in [1.54, 1.807) is 6.20 Å². The van der Waals surface area contributed by atoms with Crippen LogP contribution in [0.2, 0.25) is 0 Å². The van der Waals surface area contributed by atoms with E-state index in [1.807, 2.05) is 44.5 Å². The van der Waals surface area contributed by atoms with Crippen molar-refractivity contribution in [1.29, 1.82) is 0 Å². The van der Waals surface area contributed by atoms with Crippen LogP contribution in [-0.4, -0.2) is 38.6 Å². The third kappa shape index (κ3) is 5.47. The van der Waals surface area contributed by atoms with E-state index in [1.165, 1.54) is 0 Å². The van der Waals surface area contributed by atoms with Crippen LogP contribution in [0.25, 0.3) is 5.65 Å². The van der Waals surface area contributed by atoms with Crippen molar-refractivity contribution in [2.75, 3.05) is 6.54 Å². The van der Waals surface area contributed by atoms with Crippen LogP contribution in [0, 0.1) is 0 Å². The minimum atomic E-state index is -0.487. The second-order valence-electron chi connectivity index (χ2n) is 6.35. The summed E-state index contributed by atoms with van der Waals surface area (Å²) in [7, 11) is 0. The van der Waals surface area contributed by atoms with Crippen molar-refractivity contribution in [3.05, 3.63) is 28.9 Å². The highest BCUT2D eigenvalue weighted by Gasteiger charge is 2.16. The highest BCUT2D eigenvalue weighted by molar-refractivity contribution is 9.10. The number of hydrogen-bond donors (Lipinski definition) is 2. The molecule has 0 spiro atoms. The number of alkyl carbamates (subject to hydrolysis) is 1. The fourth-order valence-electron chi connectivity index (χ4n) is 1.95. The number of rotatable bonds is 5. The van der Waals surface area contributed by atoms with E-state index in [4.69, 9.17) is 4.74 Å². The Morgan fingerprint density at radius 3 is 2.83 bits per heavy atom. The van der Waals surface area contributed by atoms with Crippen LogP contribution in [0.5, 0.6) is 0 Å². The van der Waals surface area contributed by atoms with Gasteiger partial charge in [0.25, 0.3) is 0 Å². The molecule has 126 valence electrons. The minimum Gasteiger partial charge on any atom is -0.444 e. The van der Waals surface area contributed by atoms with Gasteiger partial charge in [-0.3, -0.25) is 4.40 Å². The van der Waals surface area contributed by atoms with E-state index in [2.05, 4.69) is 36.5 Å². The van der Waals surface area contributed by atoms with Gasteiger partial charge in [0.2, 0.25) is 0 Å². The van der Waals surface area contributed by atoms with Gasteiger partial charge in [-0.25, -0.2) is 14.8 Å². The molecule has 0 aliphatic heterocycles. The van der Waals surface area contributed by atoms with E-state index >= 15 is 0 Å². The first-order chi connectivity index (χ1) is 10.7. The first-order valence-electron chi connectivity index (χ1n) is 7.42. The van der Waals surface area contributed by atoms with Gasteiger partial charge in [-0.2, -0.15) is 0 Å². The molecule has 1 unspecified atom stereocenters. The fourth-order valence-corrected chi connectivity index (χ4v) is 2.26. The predicted molar refractivity (Wildman–Crippen MR) is 91.2 cm³/mol. The number of amides is 1. The molecule has 1 amide bonds. The zero-order valence-electron chi connectivity index (χ0n) is 13.8. The van der Waals surface area contributed by atoms with Crippen molar-refractivity contribution < 1.29 is 9.53 Å². The summed E-state index contributed by atoms with van der Waals surface area (Å²) >= 11 is 3.35. The number of aromatic nitrogens is 3. The van der Waals surface area contributed by atoms with Crippen LogP contribution < -0.4 is 10.6 Å².